The number of ether oxygens (including phenoxy) is 1. The number of unbranched alkanes of at least 4 members (excludes halogenated alkanes) is 35. The van der Waals surface area contributed by atoms with E-state index in [1.54, 1.807) is 0 Å². The molecule has 6 nitrogen and oxygen atoms in total. The molecule has 1 amide bonds. The molecule has 0 saturated heterocycles. The number of hydrogen-bond donors (Lipinski definition) is 3. The van der Waals surface area contributed by atoms with Gasteiger partial charge in [0.2, 0.25) is 5.91 Å². The number of aliphatic hydroxyl groups is 2. The van der Waals surface area contributed by atoms with Gasteiger partial charge in [-0.1, -0.05) is 245 Å². The first-order valence-electron chi connectivity index (χ1n) is 26.9. The molecule has 356 valence electrons. The first-order valence-corrected chi connectivity index (χ1v) is 26.9. The molecular formula is C54H105NO5. The third-order valence-corrected chi connectivity index (χ3v) is 12.6. The van der Waals surface area contributed by atoms with Crippen LogP contribution in [0.2, 0.25) is 0 Å². The van der Waals surface area contributed by atoms with Gasteiger partial charge in [0.1, 0.15) is 6.10 Å². The van der Waals surface area contributed by atoms with Gasteiger partial charge >= 0.3 is 5.97 Å². The van der Waals surface area contributed by atoms with E-state index in [1.165, 1.54) is 199 Å². The average molecular weight is 848 g/mol. The molecule has 0 rings (SSSR count). The second kappa shape index (κ2) is 48.6. The summed E-state index contributed by atoms with van der Waals surface area (Å²) in [5, 5.41) is 23.7. The van der Waals surface area contributed by atoms with Gasteiger partial charge in [-0.15, -0.1) is 0 Å². The van der Waals surface area contributed by atoms with Gasteiger partial charge in [-0.05, 0) is 51.4 Å². The van der Waals surface area contributed by atoms with Crippen LogP contribution in [0, 0.1) is 0 Å². The zero-order valence-electron chi connectivity index (χ0n) is 40.6. The van der Waals surface area contributed by atoms with Crippen LogP contribution < -0.4 is 5.32 Å². The summed E-state index contributed by atoms with van der Waals surface area (Å²) >= 11 is 0. The number of esters is 1. The number of nitrogens with one attached hydrogen (secondary N) is 1. The molecule has 0 spiro atoms. The van der Waals surface area contributed by atoms with Crippen molar-refractivity contribution < 1.29 is 24.5 Å². The van der Waals surface area contributed by atoms with Crippen molar-refractivity contribution >= 4 is 11.9 Å². The Kier molecular flexibility index (Phi) is 47.5. The van der Waals surface area contributed by atoms with Crippen LogP contribution in [0.15, 0.2) is 12.2 Å². The largest absolute Gasteiger partial charge is 0.462 e. The summed E-state index contributed by atoms with van der Waals surface area (Å²) in [6, 6.07) is -0.696. The monoisotopic (exact) mass is 848 g/mol. The molecule has 0 aromatic carbocycles. The molecule has 0 aliphatic heterocycles. The second-order valence-corrected chi connectivity index (χ2v) is 18.6. The summed E-state index contributed by atoms with van der Waals surface area (Å²) in [6.07, 6.45) is 54.2. The summed E-state index contributed by atoms with van der Waals surface area (Å²) in [7, 11) is 0. The van der Waals surface area contributed by atoms with Gasteiger partial charge in [0.05, 0.1) is 25.2 Å². The first kappa shape index (κ1) is 58.6. The van der Waals surface area contributed by atoms with Crippen LogP contribution >= 0.6 is 0 Å². The highest BCUT2D eigenvalue weighted by molar-refractivity contribution is 5.77. The molecule has 3 atom stereocenters. The van der Waals surface area contributed by atoms with Crippen LogP contribution in [0.25, 0.3) is 0 Å². The minimum atomic E-state index is -0.782. The molecule has 6 heteroatoms. The van der Waals surface area contributed by atoms with Crippen LogP contribution in [-0.2, 0) is 14.3 Å². The fraction of sp³-hybridized carbons (Fsp3) is 0.926. The summed E-state index contributed by atoms with van der Waals surface area (Å²) in [5.74, 6) is -0.465. The molecule has 3 N–H and O–H groups in total. The highest BCUT2D eigenvalue weighted by atomic mass is 16.5. The lowest BCUT2D eigenvalue weighted by atomic mass is 10.0. The van der Waals surface area contributed by atoms with E-state index in [0.717, 1.165) is 51.4 Å². The molecule has 0 heterocycles. The van der Waals surface area contributed by atoms with Crippen molar-refractivity contribution in [3.8, 4) is 0 Å². The number of carbonyl (C=O) groups excluding carboxylic acids is 2. The zero-order valence-corrected chi connectivity index (χ0v) is 40.6. The van der Waals surface area contributed by atoms with Crippen LogP contribution in [-0.4, -0.2) is 46.9 Å². The number of carbonyl (C=O) groups is 2. The SMILES string of the molecule is CCCCCCCCC/C=C/CCCCCCCC(=O)OC(CCCCCCCCCCCCCCCCC)CC(=O)NC(CO)C(O)CCCCCCCCCCCC. The van der Waals surface area contributed by atoms with Gasteiger partial charge in [-0.2, -0.15) is 0 Å². The van der Waals surface area contributed by atoms with E-state index in [-0.39, 0.29) is 24.9 Å². The highest BCUT2D eigenvalue weighted by Gasteiger charge is 2.24. The van der Waals surface area contributed by atoms with Crippen molar-refractivity contribution in [1.29, 1.82) is 0 Å². The Labute approximate surface area is 374 Å². The van der Waals surface area contributed by atoms with Crippen LogP contribution in [0.1, 0.15) is 297 Å². The summed E-state index contributed by atoms with van der Waals surface area (Å²) in [4.78, 5) is 26.2. The summed E-state index contributed by atoms with van der Waals surface area (Å²) < 4.78 is 5.95. The molecule has 0 bridgehead atoms. The van der Waals surface area contributed by atoms with Crippen molar-refractivity contribution in [2.24, 2.45) is 0 Å². The predicted molar refractivity (Wildman–Crippen MR) is 260 cm³/mol. The Balaban J connectivity index is 4.53. The molecule has 0 aromatic heterocycles. The normalized spacial score (nSPS) is 13.2. The second-order valence-electron chi connectivity index (χ2n) is 18.6. The van der Waals surface area contributed by atoms with E-state index in [0.29, 0.717) is 19.3 Å². The third kappa shape index (κ3) is 43.3. The lowest BCUT2D eigenvalue weighted by Crippen LogP contribution is -2.46. The minimum absolute atomic E-state index is 0.0816. The maximum absolute atomic E-state index is 13.2. The molecule has 0 aromatic rings. The van der Waals surface area contributed by atoms with Gasteiger partial charge in [-0.25, -0.2) is 0 Å². The van der Waals surface area contributed by atoms with Crippen LogP contribution in [0.4, 0.5) is 0 Å². The molecule has 3 unspecified atom stereocenters. The zero-order chi connectivity index (χ0) is 43.8. The maximum Gasteiger partial charge on any atom is 0.306 e. The van der Waals surface area contributed by atoms with E-state index in [4.69, 9.17) is 4.74 Å². The van der Waals surface area contributed by atoms with E-state index in [1.807, 2.05) is 0 Å². The summed E-state index contributed by atoms with van der Waals surface area (Å²) in [6.45, 7) is 6.50. The quantitative estimate of drug-likeness (QED) is 0.0322. The van der Waals surface area contributed by atoms with Gasteiger partial charge in [-0.3, -0.25) is 9.59 Å². The van der Waals surface area contributed by atoms with Crippen LogP contribution in [0.3, 0.4) is 0 Å². The summed E-state index contributed by atoms with van der Waals surface area (Å²) in [5.41, 5.74) is 0. The molecular weight excluding hydrogens is 743 g/mol. The van der Waals surface area contributed by atoms with Gasteiger partial charge in [0, 0.05) is 6.42 Å². The minimum Gasteiger partial charge on any atom is -0.462 e. The Morgan fingerprint density at radius 3 is 1.18 bits per heavy atom. The third-order valence-electron chi connectivity index (χ3n) is 12.6. The van der Waals surface area contributed by atoms with Gasteiger partial charge in [0.15, 0.2) is 0 Å². The molecule has 0 radical (unpaired) electrons. The Bertz CT molecular complexity index is 909. The first-order chi connectivity index (χ1) is 29.5. The fourth-order valence-corrected chi connectivity index (χ4v) is 8.49. The number of rotatable bonds is 49. The van der Waals surface area contributed by atoms with Crippen molar-refractivity contribution in [3.63, 3.8) is 0 Å². The van der Waals surface area contributed by atoms with Crippen molar-refractivity contribution in [2.75, 3.05) is 6.61 Å². The molecule has 0 aliphatic carbocycles. The fourth-order valence-electron chi connectivity index (χ4n) is 8.49. The molecule has 0 saturated carbocycles. The standard InChI is InChI=1S/C54H105NO5/c1-4-7-10-13-16-19-22-24-26-28-30-32-35-38-41-44-47-54(59)60-50(45-42-39-36-33-31-29-27-25-23-20-17-14-11-8-5-2)48-53(58)55-51(49-56)52(57)46-43-40-37-34-21-18-15-12-9-6-3/h26,28,50-52,56-57H,4-25,27,29-49H2,1-3H3,(H,55,58)/b28-26+. The number of hydrogen-bond acceptors (Lipinski definition) is 5. The van der Waals surface area contributed by atoms with Crippen molar-refractivity contribution in [3.05, 3.63) is 12.2 Å². The number of allylic oxidation sites excluding steroid dienone is 2. The lowest BCUT2D eigenvalue weighted by molar-refractivity contribution is -0.151. The van der Waals surface area contributed by atoms with E-state index < -0.39 is 18.2 Å². The smallest absolute Gasteiger partial charge is 0.306 e. The van der Waals surface area contributed by atoms with Gasteiger partial charge < -0.3 is 20.3 Å². The van der Waals surface area contributed by atoms with Crippen molar-refractivity contribution in [2.45, 2.75) is 315 Å². The van der Waals surface area contributed by atoms with E-state index in [9.17, 15) is 19.8 Å². The average Bonchev–Trinajstić information content (AvgIpc) is 3.24. The molecule has 0 aliphatic rings. The van der Waals surface area contributed by atoms with Crippen LogP contribution in [0.5, 0.6) is 0 Å². The topological polar surface area (TPSA) is 95.9 Å². The number of aliphatic hydroxyl groups excluding tert-OH is 2. The Morgan fingerprint density at radius 1 is 0.467 bits per heavy atom. The highest BCUT2D eigenvalue weighted by Crippen LogP contribution is 2.18. The molecule has 0 fully saturated rings. The predicted octanol–water partition coefficient (Wildman–Crippen LogP) is 16.1. The Hall–Kier alpha value is -1.40. The van der Waals surface area contributed by atoms with Crippen molar-refractivity contribution in [1.82, 2.24) is 5.32 Å². The number of amides is 1. The van der Waals surface area contributed by atoms with Gasteiger partial charge in [0.25, 0.3) is 0 Å². The maximum atomic E-state index is 13.2. The van der Waals surface area contributed by atoms with E-state index in [2.05, 4.69) is 38.2 Å². The van der Waals surface area contributed by atoms with E-state index >= 15 is 0 Å². The molecule has 60 heavy (non-hydrogen) atoms. The Morgan fingerprint density at radius 2 is 0.800 bits per heavy atom. The lowest BCUT2D eigenvalue weighted by Gasteiger charge is -2.24.